The predicted octanol–water partition coefficient (Wildman–Crippen LogP) is 5.83. The van der Waals surface area contributed by atoms with Gasteiger partial charge in [-0.1, -0.05) is 49.0 Å². The van der Waals surface area contributed by atoms with Crippen LogP contribution in [0.5, 0.6) is 5.75 Å². The second-order valence-corrected chi connectivity index (χ2v) is 12.9. The Labute approximate surface area is 280 Å². The number of hydrogen-bond donors (Lipinski definition) is 2. The molecule has 3 atom stereocenters. The number of fused-ring (bicyclic) bond motifs is 3. The Morgan fingerprint density at radius 2 is 1.88 bits per heavy atom. The standard InChI is InChI=1S/C37H41N7O4/c1-3-37(45)41-30-18-31(34(46-2)19-33(30)42-14-11-25(12-15-42)43-21-27-17-26(43)22-47-27)40-35-20-36(39-23-38-35)44-32(13-16-48-44)29-10-6-8-24-7-4-5-9-28(24)29/h3-10,18-20,23,25-27,32H,1,11-17,21-22H2,2H3,(H,41,45)(H,38,39,40)/t26-,27-,32+/m0/s1. The van der Waals surface area contributed by atoms with Crippen molar-refractivity contribution in [3.05, 3.63) is 85.2 Å². The number of carbonyl (C=O) groups is 1. The maximum absolute atomic E-state index is 12.6. The van der Waals surface area contributed by atoms with Gasteiger partial charge in [-0.25, -0.2) is 15.0 Å². The molecule has 4 aliphatic rings. The molecule has 48 heavy (non-hydrogen) atoms. The van der Waals surface area contributed by atoms with Crippen LogP contribution in [0.15, 0.2) is 79.6 Å². The lowest BCUT2D eigenvalue weighted by molar-refractivity contribution is -0.111. The average Bonchev–Trinajstić information content (AvgIpc) is 3.90. The minimum Gasteiger partial charge on any atom is -0.494 e. The summed E-state index contributed by atoms with van der Waals surface area (Å²) in [6.07, 6.45) is 7.34. The molecule has 4 fully saturated rings. The second-order valence-electron chi connectivity index (χ2n) is 12.9. The molecule has 4 aliphatic heterocycles. The molecule has 248 valence electrons. The predicted molar refractivity (Wildman–Crippen MR) is 187 cm³/mol. The summed E-state index contributed by atoms with van der Waals surface area (Å²) in [5, 5.41) is 10.7. The Bertz CT molecular complexity index is 1820. The van der Waals surface area contributed by atoms with Gasteiger partial charge >= 0.3 is 0 Å². The zero-order valence-electron chi connectivity index (χ0n) is 27.2. The van der Waals surface area contributed by atoms with E-state index >= 15 is 0 Å². The number of ether oxygens (including phenoxy) is 2. The highest BCUT2D eigenvalue weighted by molar-refractivity contribution is 6.02. The molecule has 0 radical (unpaired) electrons. The number of piperidine rings is 1. The van der Waals surface area contributed by atoms with E-state index in [9.17, 15) is 4.79 Å². The number of methoxy groups -OCH3 is 1. The molecule has 8 rings (SSSR count). The Hall–Kier alpha value is -4.71. The van der Waals surface area contributed by atoms with Crippen molar-refractivity contribution >= 4 is 45.4 Å². The van der Waals surface area contributed by atoms with Gasteiger partial charge in [0, 0.05) is 50.3 Å². The third-order valence-electron chi connectivity index (χ3n) is 10.2. The van der Waals surface area contributed by atoms with E-state index in [1.54, 1.807) is 7.11 Å². The number of rotatable bonds is 9. The number of morpholine rings is 1. The van der Waals surface area contributed by atoms with Crippen molar-refractivity contribution in [2.45, 2.75) is 49.9 Å². The lowest BCUT2D eigenvalue weighted by Crippen LogP contribution is -2.49. The summed E-state index contributed by atoms with van der Waals surface area (Å²) in [4.78, 5) is 32.8. The molecule has 3 aromatic carbocycles. The average molecular weight is 648 g/mol. The molecule has 0 saturated carbocycles. The number of nitrogens with zero attached hydrogens (tertiary/aromatic N) is 5. The van der Waals surface area contributed by atoms with Gasteiger partial charge in [0.05, 0.1) is 49.5 Å². The van der Waals surface area contributed by atoms with Crippen molar-refractivity contribution in [3.63, 3.8) is 0 Å². The van der Waals surface area contributed by atoms with Gasteiger partial charge in [0.15, 0.2) is 5.82 Å². The molecule has 2 N–H and O–H groups in total. The highest BCUT2D eigenvalue weighted by Gasteiger charge is 2.42. The molecule has 4 aromatic rings. The number of amides is 1. The van der Waals surface area contributed by atoms with Crippen LogP contribution in [-0.2, 0) is 14.4 Å². The molecule has 1 aromatic heterocycles. The van der Waals surface area contributed by atoms with Gasteiger partial charge < -0.3 is 25.0 Å². The molecule has 0 unspecified atom stereocenters. The van der Waals surface area contributed by atoms with Gasteiger partial charge in [-0.15, -0.1) is 0 Å². The van der Waals surface area contributed by atoms with Gasteiger partial charge in [-0.2, -0.15) is 0 Å². The van der Waals surface area contributed by atoms with E-state index in [1.165, 1.54) is 28.7 Å². The summed E-state index contributed by atoms with van der Waals surface area (Å²) in [6.45, 7) is 7.93. The smallest absolute Gasteiger partial charge is 0.247 e. The number of carbonyl (C=O) groups excluding carboxylic acids is 1. The third-order valence-corrected chi connectivity index (χ3v) is 10.2. The van der Waals surface area contributed by atoms with E-state index in [2.05, 4.69) is 79.4 Å². The Morgan fingerprint density at radius 3 is 2.67 bits per heavy atom. The lowest BCUT2D eigenvalue weighted by atomic mass is 9.97. The van der Waals surface area contributed by atoms with Crippen LogP contribution < -0.4 is 25.3 Å². The fraction of sp³-hybridized carbons (Fsp3) is 0.378. The van der Waals surface area contributed by atoms with E-state index in [1.807, 2.05) is 23.3 Å². The van der Waals surface area contributed by atoms with Crippen LogP contribution in [0, 0.1) is 0 Å². The number of hydroxylamine groups is 1. The van der Waals surface area contributed by atoms with Crippen molar-refractivity contribution in [2.24, 2.45) is 0 Å². The summed E-state index contributed by atoms with van der Waals surface area (Å²) in [7, 11) is 1.65. The maximum Gasteiger partial charge on any atom is 0.247 e. The first-order valence-corrected chi connectivity index (χ1v) is 16.8. The Kier molecular flexibility index (Phi) is 8.33. The summed E-state index contributed by atoms with van der Waals surface area (Å²) in [5.74, 6) is 1.59. The number of aromatic nitrogens is 2. The first-order chi connectivity index (χ1) is 23.6. The molecule has 5 heterocycles. The normalized spacial score (nSPS) is 22.7. The maximum atomic E-state index is 12.6. The van der Waals surface area contributed by atoms with Crippen molar-refractivity contribution in [2.75, 3.05) is 60.6 Å². The zero-order valence-corrected chi connectivity index (χ0v) is 27.2. The van der Waals surface area contributed by atoms with Gasteiger partial charge in [0.25, 0.3) is 0 Å². The minimum atomic E-state index is -0.273. The molecular formula is C37H41N7O4. The molecule has 4 saturated heterocycles. The number of anilines is 5. The SMILES string of the molecule is C=CC(=O)Nc1cc(Nc2cc(N3OCC[C@@H]3c3cccc4ccccc34)ncn2)c(OC)cc1N1CCC(N2C[C@@H]3C[C@H]2CO3)CC1. The van der Waals surface area contributed by atoms with Crippen LogP contribution in [0.2, 0.25) is 0 Å². The Balaban J connectivity index is 1.04. The van der Waals surface area contributed by atoms with Crippen LogP contribution in [0.25, 0.3) is 10.8 Å². The summed E-state index contributed by atoms with van der Waals surface area (Å²) < 4.78 is 11.7. The van der Waals surface area contributed by atoms with E-state index in [0.29, 0.717) is 53.6 Å². The molecular weight excluding hydrogens is 606 g/mol. The molecule has 0 aliphatic carbocycles. The number of nitrogens with one attached hydrogen (secondary N) is 2. The molecule has 2 bridgehead atoms. The molecule has 0 spiro atoms. The highest BCUT2D eigenvalue weighted by Crippen LogP contribution is 2.42. The van der Waals surface area contributed by atoms with Crippen LogP contribution >= 0.6 is 0 Å². The summed E-state index contributed by atoms with van der Waals surface area (Å²) >= 11 is 0. The number of hydrogen-bond acceptors (Lipinski definition) is 10. The van der Waals surface area contributed by atoms with Gasteiger partial charge in [-0.05, 0) is 47.7 Å². The fourth-order valence-electron chi connectivity index (χ4n) is 7.89. The number of likely N-dealkylation sites (tertiary alicyclic amines) is 1. The lowest BCUT2D eigenvalue weighted by Gasteiger charge is -2.41. The topological polar surface area (TPSA) is 104 Å². The van der Waals surface area contributed by atoms with E-state index in [4.69, 9.17) is 14.3 Å². The van der Waals surface area contributed by atoms with Crippen molar-refractivity contribution in [1.29, 1.82) is 0 Å². The summed E-state index contributed by atoms with van der Waals surface area (Å²) in [5.41, 5.74) is 3.47. The quantitative estimate of drug-likeness (QED) is 0.216. The second kappa shape index (κ2) is 13.1. The number of benzene rings is 3. The third kappa shape index (κ3) is 5.82. The minimum absolute atomic E-state index is 0.00600. The van der Waals surface area contributed by atoms with Crippen LogP contribution in [0.3, 0.4) is 0 Å². The first kappa shape index (κ1) is 30.6. The van der Waals surface area contributed by atoms with E-state index in [0.717, 1.165) is 57.6 Å². The summed E-state index contributed by atoms with van der Waals surface area (Å²) in [6, 6.07) is 21.7. The van der Waals surface area contributed by atoms with Crippen molar-refractivity contribution in [3.8, 4) is 5.75 Å². The van der Waals surface area contributed by atoms with Gasteiger partial charge in [-0.3, -0.25) is 14.5 Å². The van der Waals surface area contributed by atoms with E-state index < -0.39 is 0 Å². The van der Waals surface area contributed by atoms with Crippen molar-refractivity contribution < 1.29 is 19.1 Å². The van der Waals surface area contributed by atoms with Crippen molar-refractivity contribution in [1.82, 2.24) is 14.9 Å². The largest absolute Gasteiger partial charge is 0.494 e. The van der Waals surface area contributed by atoms with Crippen LogP contribution in [-0.4, -0.2) is 78.9 Å². The zero-order chi connectivity index (χ0) is 32.6. The van der Waals surface area contributed by atoms with Gasteiger partial charge in [0.1, 0.15) is 17.9 Å². The molecule has 11 heteroatoms. The molecule has 11 nitrogen and oxygen atoms in total. The monoisotopic (exact) mass is 647 g/mol. The Morgan fingerprint density at radius 1 is 1.02 bits per heavy atom. The molecule has 1 amide bonds. The van der Waals surface area contributed by atoms with E-state index in [-0.39, 0.29) is 11.9 Å². The van der Waals surface area contributed by atoms with Crippen LogP contribution in [0.1, 0.15) is 37.3 Å². The fourth-order valence-corrected chi connectivity index (χ4v) is 7.89. The first-order valence-electron chi connectivity index (χ1n) is 16.8. The van der Waals surface area contributed by atoms with Crippen LogP contribution in [0.4, 0.5) is 28.7 Å². The van der Waals surface area contributed by atoms with Gasteiger partial charge in [0.2, 0.25) is 5.91 Å². The highest BCUT2D eigenvalue weighted by atomic mass is 16.7.